The fourth-order valence-corrected chi connectivity index (χ4v) is 5.46. The molecule has 0 aliphatic carbocycles. The summed E-state index contributed by atoms with van der Waals surface area (Å²) in [5, 5.41) is 10.0. The summed E-state index contributed by atoms with van der Waals surface area (Å²) in [5.74, 6) is 0. The van der Waals surface area contributed by atoms with Crippen molar-refractivity contribution in [3.8, 4) is 22.3 Å². The van der Waals surface area contributed by atoms with Crippen LogP contribution in [0.2, 0.25) is 0 Å². The molecule has 0 saturated carbocycles. The van der Waals surface area contributed by atoms with Gasteiger partial charge in [0, 0.05) is 11.4 Å². The molecule has 7 aromatic carbocycles. The van der Waals surface area contributed by atoms with Crippen molar-refractivity contribution >= 4 is 54.5 Å². The Morgan fingerprint density at radius 3 is 1.72 bits per heavy atom. The molecule has 0 fully saturated rings. The summed E-state index contributed by atoms with van der Waals surface area (Å²) in [6.45, 7) is 0. The second-order valence-electron chi connectivity index (χ2n) is 9.51. The lowest BCUT2D eigenvalue weighted by atomic mass is 9.89. The highest BCUT2D eigenvalue weighted by molar-refractivity contribution is 6.17. The van der Waals surface area contributed by atoms with Crippen molar-refractivity contribution < 1.29 is 0 Å². The molecular weight excluding hydrogens is 436 g/mol. The Bertz CT molecular complexity index is 1950. The second kappa shape index (κ2) is 7.86. The first-order valence-corrected chi connectivity index (χ1v) is 12.2. The van der Waals surface area contributed by atoms with E-state index in [4.69, 9.17) is 11.5 Å². The fourth-order valence-electron chi connectivity index (χ4n) is 5.46. The Morgan fingerprint density at radius 1 is 0.333 bits per heavy atom. The molecule has 2 nitrogen and oxygen atoms in total. The number of nitrogen functional groups attached to an aromatic ring is 2. The summed E-state index contributed by atoms with van der Waals surface area (Å²) >= 11 is 0. The Balaban J connectivity index is 1.54. The molecule has 0 heterocycles. The molecule has 0 amide bonds. The van der Waals surface area contributed by atoms with Crippen molar-refractivity contribution in [2.75, 3.05) is 11.5 Å². The van der Waals surface area contributed by atoms with E-state index in [0.717, 1.165) is 28.1 Å². The SMILES string of the molecule is Nc1ccc(-c2cc(N)ccc2-c2cccc3cc4ccc5cc6ccccc6cc5c4cc23)cc1. The minimum atomic E-state index is 0.745. The van der Waals surface area contributed by atoms with Gasteiger partial charge in [0.05, 0.1) is 0 Å². The lowest BCUT2D eigenvalue weighted by molar-refractivity contribution is 1.59. The van der Waals surface area contributed by atoms with E-state index in [-0.39, 0.29) is 0 Å². The van der Waals surface area contributed by atoms with Gasteiger partial charge < -0.3 is 11.5 Å². The molecule has 4 N–H and O–H groups in total. The van der Waals surface area contributed by atoms with Crippen LogP contribution in [0.3, 0.4) is 0 Å². The van der Waals surface area contributed by atoms with E-state index < -0.39 is 0 Å². The lowest BCUT2D eigenvalue weighted by Crippen LogP contribution is -1.92. The third-order valence-corrected chi connectivity index (χ3v) is 7.26. The zero-order valence-corrected chi connectivity index (χ0v) is 19.7. The zero-order chi connectivity index (χ0) is 24.2. The van der Waals surface area contributed by atoms with E-state index in [9.17, 15) is 0 Å². The zero-order valence-electron chi connectivity index (χ0n) is 19.7. The predicted octanol–water partition coefficient (Wildman–Crippen LogP) is 8.80. The summed E-state index contributed by atoms with van der Waals surface area (Å²) < 4.78 is 0. The molecule has 7 aromatic rings. The van der Waals surface area contributed by atoms with E-state index in [1.807, 2.05) is 18.2 Å². The first-order chi connectivity index (χ1) is 17.6. The normalized spacial score (nSPS) is 11.6. The highest BCUT2D eigenvalue weighted by atomic mass is 14.5. The van der Waals surface area contributed by atoms with Gasteiger partial charge in [0.1, 0.15) is 0 Å². The lowest BCUT2D eigenvalue weighted by Gasteiger charge is -2.15. The smallest absolute Gasteiger partial charge is 0.0320 e. The molecule has 0 saturated heterocycles. The molecule has 0 bridgehead atoms. The Kier molecular flexibility index (Phi) is 4.49. The summed E-state index contributed by atoms with van der Waals surface area (Å²) in [7, 11) is 0. The van der Waals surface area contributed by atoms with Crippen molar-refractivity contribution in [3.05, 3.63) is 121 Å². The van der Waals surface area contributed by atoms with Crippen LogP contribution in [0.4, 0.5) is 11.4 Å². The van der Waals surface area contributed by atoms with Crippen LogP contribution in [0, 0.1) is 0 Å². The van der Waals surface area contributed by atoms with Gasteiger partial charge in [0.15, 0.2) is 0 Å². The predicted molar refractivity (Wildman–Crippen MR) is 156 cm³/mol. The van der Waals surface area contributed by atoms with Crippen LogP contribution >= 0.6 is 0 Å². The van der Waals surface area contributed by atoms with Crippen molar-refractivity contribution in [1.29, 1.82) is 0 Å². The van der Waals surface area contributed by atoms with Crippen LogP contribution in [0.15, 0.2) is 121 Å². The van der Waals surface area contributed by atoms with Gasteiger partial charge in [-0.15, -0.1) is 0 Å². The largest absolute Gasteiger partial charge is 0.399 e. The second-order valence-corrected chi connectivity index (χ2v) is 9.51. The number of nitrogens with two attached hydrogens (primary N) is 2. The topological polar surface area (TPSA) is 52.0 Å². The molecule has 0 atom stereocenters. The molecule has 7 rings (SSSR count). The van der Waals surface area contributed by atoms with E-state index in [0.29, 0.717) is 0 Å². The first kappa shape index (κ1) is 20.5. The number of hydrogen-bond acceptors (Lipinski definition) is 2. The molecule has 0 aliphatic heterocycles. The highest BCUT2D eigenvalue weighted by Gasteiger charge is 2.13. The van der Waals surface area contributed by atoms with E-state index in [1.54, 1.807) is 0 Å². The number of hydrogen-bond donors (Lipinski definition) is 2. The maximum absolute atomic E-state index is 6.24. The van der Waals surface area contributed by atoms with Gasteiger partial charge in [0.2, 0.25) is 0 Å². The average molecular weight is 461 g/mol. The van der Waals surface area contributed by atoms with E-state index >= 15 is 0 Å². The maximum Gasteiger partial charge on any atom is 0.0320 e. The van der Waals surface area contributed by atoms with Crippen LogP contribution in [-0.2, 0) is 0 Å². The number of fused-ring (bicyclic) bond motifs is 5. The Morgan fingerprint density at radius 2 is 0.944 bits per heavy atom. The van der Waals surface area contributed by atoms with Crippen molar-refractivity contribution in [1.82, 2.24) is 0 Å². The van der Waals surface area contributed by atoms with Gasteiger partial charge in [-0.25, -0.2) is 0 Å². The minimum absolute atomic E-state index is 0.745. The van der Waals surface area contributed by atoms with Crippen LogP contribution in [-0.4, -0.2) is 0 Å². The molecule has 0 aromatic heterocycles. The summed E-state index contributed by atoms with van der Waals surface area (Å²) in [5.41, 5.74) is 18.3. The standard InChI is InChI=1S/C34H24N2/c35-27-12-10-21(11-13-27)32-19-28(36)14-15-30(32)29-7-3-6-24-17-26-9-8-25-16-22-4-1-2-5-23(22)18-31(25)34(26)20-33(24)29/h1-20H,35-36H2. The summed E-state index contributed by atoms with van der Waals surface area (Å²) in [4.78, 5) is 0. The van der Waals surface area contributed by atoms with Crippen LogP contribution in [0.25, 0.3) is 65.3 Å². The molecule has 0 aliphatic rings. The van der Waals surface area contributed by atoms with Crippen LogP contribution in [0.1, 0.15) is 0 Å². The third-order valence-electron chi connectivity index (χ3n) is 7.26. The molecule has 36 heavy (non-hydrogen) atoms. The monoisotopic (exact) mass is 460 g/mol. The summed E-state index contributed by atoms with van der Waals surface area (Å²) in [6.07, 6.45) is 0. The first-order valence-electron chi connectivity index (χ1n) is 12.2. The van der Waals surface area contributed by atoms with Crippen molar-refractivity contribution in [2.24, 2.45) is 0 Å². The number of rotatable bonds is 2. The van der Waals surface area contributed by atoms with Gasteiger partial charge in [-0.05, 0) is 114 Å². The number of anilines is 2. The highest BCUT2D eigenvalue weighted by Crippen LogP contribution is 2.40. The third kappa shape index (κ3) is 3.27. The average Bonchev–Trinajstić information content (AvgIpc) is 2.91. The van der Waals surface area contributed by atoms with Gasteiger partial charge in [-0.2, -0.15) is 0 Å². The Hall–Kier alpha value is -4.82. The molecular formula is C34H24N2. The van der Waals surface area contributed by atoms with Gasteiger partial charge in [0.25, 0.3) is 0 Å². The van der Waals surface area contributed by atoms with Crippen molar-refractivity contribution in [2.45, 2.75) is 0 Å². The quantitative estimate of drug-likeness (QED) is 0.154. The van der Waals surface area contributed by atoms with E-state index in [2.05, 4.69) is 103 Å². The van der Waals surface area contributed by atoms with Gasteiger partial charge in [-0.1, -0.05) is 72.8 Å². The molecule has 0 spiro atoms. The van der Waals surface area contributed by atoms with E-state index in [1.165, 1.54) is 48.7 Å². The molecule has 0 unspecified atom stereocenters. The molecule has 170 valence electrons. The van der Waals surface area contributed by atoms with Crippen LogP contribution < -0.4 is 11.5 Å². The number of benzene rings is 7. The van der Waals surface area contributed by atoms with Gasteiger partial charge in [-0.3, -0.25) is 0 Å². The van der Waals surface area contributed by atoms with Gasteiger partial charge >= 0.3 is 0 Å². The minimum Gasteiger partial charge on any atom is -0.399 e. The molecule has 2 heteroatoms. The molecule has 0 radical (unpaired) electrons. The fraction of sp³-hybridized carbons (Fsp3) is 0. The Labute approximate surface area is 209 Å². The summed E-state index contributed by atoms with van der Waals surface area (Å²) in [6, 6.07) is 43.1. The van der Waals surface area contributed by atoms with Crippen LogP contribution in [0.5, 0.6) is 0 Å². The maximum atomic E-state index is 6.24. The van der Waals surface area contributed by atoms with Crippen molar-refractivity contribution in [3.63, 3.8) is 0 Å².